The second kappa shape index (κ2) is 3.37. The molecule has 0 bridgehead atoms. The molecule has 2 aromatic rings. The molecule has 1 aliphatic carbocycles. The number of carbonyl (C=O) groups is 1. The van der Waals surface area contributed by atoms with Crippen LogP contribution in [0.5, 0.6) is 0 Å². The average Bonchev–Trinajstić information content (AvgIpc) is 3.07. The molecule has 0 saturated heterocycles. The Morgan fingerprint density at radius 1 is 1.38 bits per heavy atom. The maximum Gasteiger partial charge on any atom is 0.354 e. The van der Waals surface area contributed by atoms with E-state index in [0.29, 0.717) is 5.69 Å². The van der Waals surface area contributed by atoms with Crippen molar-refractivity contribution in [3.63, 3.8) is 0 Å². The number of H-pyrrole nitrogens is 1. The summed E-state index contributed by atoms with van der Waals surface area (Å²) in [6.07, 6.45) is 2.58. The lowest BCUT2D eigenvalue weighted by atomic mass is 10.1. The van der Waals surface area contributed by atoms with Crippen LogP contribution in [-0.2, 0) is 4.74 Å². The maximum atomic E-state index is 11.4. The van der Waals surface area contributed by atoms with E-state index in [1.54, 1.807) is 0 Å². The normalized spacial score (nSPS) is 15.3. The molecule has 0 radical (unpaired) electrons. The fourth-order valence-electron chi connectivity index (χ4n) is 2.04. The van der Waals surface area contributed by atoms with E-state index >= 15 is 0 Å². The summed E-state index contributed by atoms with van der Waals surface area (Å²) in [7, 11) is 1.39. The topological polar surface area (TPSA) is 42.1 Å². The molecular formula is C13H13NO2. The molecule has 3 nitrogen and oxygen atoms in total. The van der Waals surface area contributed by atoms with Gasteiger partial charge in [0.15, 0.2) is 0 Å². The van der Waals surface area contributed by atoms with Gasteiger partial charge in [-0.15, -0.1) is 0 Å². The first kappa shape index (κ1) is 9.46. The number of ether oxygens (including phenoxy) is 1. The van der Waals surface area contributed by atoms with Gasteiger partial charge in [-0.2, -0.15) is 0 Å². The number of aromatic amines is 1. The molecule has 0 atom stereocenters. The van der Waals surface area contributed by atoms with Crippen molar-refractivity contribution in [2.75, 3.05) is 7.11 Å². The third-order valence-electron chi connectivity index (χ3n) is 3.10. The molecule has 1 aromatic heterocycles. The number of hydrogen-bond acceptors (Lipinski definition) is 2. The third kappa shape index (κ3) is 1.48. The molecular weight excluding hydrogens is 202 g/mol. The van der Waals surface area contributed by atoms with Crippen LogP contribution < -0.4 is 0 Å². The van der Waals surface area contributed by atoms with Gasteiger partial charge in [0.1, 0.15) is 5.69 Å². The molecule has 0 aliphatic heterocycles. The molecule has 1 saturated carbocycles. The van der Waals surface area contributed by atoms with Crippen LogP contribution in [0, 0.1) is 0 Å². The van der Waals surface area contributed by atoms with E-state index < -0.39 is 0 Å². The molecule has 1 aromatic carbocycles. The molecule has 82 valence electrons. The molecule has 0 unspecified atom stereocenters. The second-order valence-corrected chi connectivity index (χ2v) is 4.30. The lowest BCUT2D eigenvalue weighted by Crippen LogP contribution is -2.00. The van der Waals surface area contributed by atoms with Gasteiger partial charge in [-0.05, 0) is 36.5 Å². The van der Waals surface area contributed by atoms with Crippen LogP contribution in [0.15, 0.2) is 24.3 Å². The first-order valence-electron chi connectivity index (χ1n) is 5.49. The van der Waals surface area contributed by atoms with Gasteiger partial charge in [-0.1, -0.05) is 12.1 Å². The molecule has 1 heterocycles. The molecule has 1 fully saturated rings. The van der Waals surface area contributed by atoms with Crippen LogP contribution in [-0.4, -0.2) is 18.1 Å². The predicted octanol–water partition coefficient (Wildman–Crippen LogP) is 2.83. The van der Waals surface area contributed by atoms with Crippen molar-refractivity contribution in [3.8, 4) is 0 Å². The van der Waals surface area contributed by atoms with E-state index in [1.165, 1.54) is 25.5 Å². The number of nitrogens with one attached hydrogen (secondary N) is 1. The Morgan fingerprint density at radius 2 is 2.19 bits per heavy atom. The smallest absolute Gasteiger partial charge is 0.354 e. The van der Waals surface area contributed by atoms with Gasteiger partial charge in [0.2, 0.25) is 0 Å². The number of esters is 1. The number of benzene rings is 1. The lowest BCUT2D eigenvalue weighted by Gasteiger charge is -1.97. The van der Waals surface area contributed by atoms with Crippen molar-refractivity contribution in [1.82, 2.24) is 4.98 Å². The minimum Gasteiger partial charge on any atom is -0.464 e. The zero-order chi connectivity index (χ0) is 11.1. The number of hydrogen-bond donors (Lipinski definition) is 1. The fraction of sp³-hybridized carbons (Fsp3) is 0.308. The van der Waals surface area contributed by atoms with E-state index in [2.05, 4.69) is 27.9 Å². The number of fused-ring (bicyclic) bond motifs is 1. The Kier molecular flexibility index (Phi) is 1.99. The van der Waals surface area contributed by atoms with E-state index in [9.17, 15) is 4.79 Å². The minimum absolute atomic E-state index is 0.316. The first-order chi connectivity index (χ1) is 7.78. The molecule has 3 rings (SSSR count). The zero-order valence-electron chi connectivity index (χ0n) is 9.12. The molecule has 1 aliphatic rings. The summed E-state index contributed by atoms with van der Waals surface area (Å²) >= 11 is 0. The molecule has 3 heteroatoms. The molecule has 16 heavy (non-hydrogen) atoms. The third-order valence-corrected chi connectivity index (χ3v) is 3.10. The Hall–Kier alpha value is -1.77. The van der Waals surface area contributed by atoms with Gasteiger partial charge in [-0.25, -0.2) is 4.79 Å². The van der Waals surface area contributed by atoms with Crippen molar-refractivity contribution < 1.29 is 9.53 Å². The summed E-state index contributed by atoms with van der Waals surface area (Å²) in [4.78, 5) is 14.5. The lowest BCUT2D eigenvalue weighted by molar-refractivity contribution is 0.0595. The van der Waals surface area contributed by atoms with E-state index in [-0.39, 0.29) is 5.97 Å². The van der Waals surface area contributed by atoms with E-state index in [1.807, 2.05) is 6.07 Å². The highest BCUT2D eigenvalue weighted by atomic mass is 16.5. The largest absolute Gasteiger partial charge is 0.464 e. The van der Waals surface area contributed by atoms with Crippen LogP contribution in [0.4, 0.5) is 0 Å². The summed E-state index contributed by atoms with van der Waals surface area (Å²) in [6, 6.07) is 8.18. The van der Waals surface area contributed by atoms with Gasteiger partial charge >= 0.3 is 5.97 Å². The Morgan fingerprint density at radius 3 is 2.88 bits per heavy atom. The summed E-state index contributed by atoms with van der Waals surface area (Å²) < 4.78 is 4.69. The second-order valence-electron chi connectivity index (χ2n) is 4.30. The molecule has 0 spiro atoms. The highest BCUT2D eigenvalue weighted by Crippen LogP contribution is 2.40. The zero-order valence-corrected chi connectivity index (χ0v) is 9.12. The quantitative estimate of drug-likeness (QED) is 0.783. The average molecular weight is 215 g/mol. The standard InChI is InChI=1S/C13H13NO2/c1-16-13(15)12-7-10-5-4-9(8-2-3-8)6-11(10)14-12/h4-8,14H,2-3H2,1H3. The Balaban J connectivity index is 2.06. The Labute approximate surface area is 93.4 Å². The van der Waals surface area contributed by atoms with Crippen LogP contribution >= 0.6 is 0 Å². The van der Waals surface area contributed by atoms with Crippen molar-refractivity contribution >= 4 is 16.9 Å². The first-order valence-corrected chi connectivity index (χ1v) is 5.49. The van der Waals surface area contributed by atoms with Gasteiger partial charge in [0.05, 0.1) is 7.11 Å². The summed E-state index contributed by atoms with van der Waals surface area (Å²) in [6.45, 7) is 0. The van der Waals surface area contributed by atoms with Crippen LogP contribution in [0.1, 0.15) is 34.8 Å². The molecule has 1 N–H and O–H groups in total. The monoisotopic (exact) mass is 215 g/mol. The van der Waals surface area contributed by atoms with E-state index in [4.69, 9.17) is 0 Å². The number of methoxy groups -OCH3 is 1. The van der Waals surface area contributed by atoms with Crippen LogP contribution in [0.3, 0.4) is 0 Å². The predicted molar refractivity (Wildman–Crippen MR) is 61.6 cm³/mol. The molecule has 0 amide bonds. The summed E-state index contributed by atoms with van der Waals surface area (Å²) in [5, 5.41) is 1.06. The Bertz CT molecular complexity index is 552. The highest BCUT2D eigenvalue weighted by Gasteiger charge is 2.23. The van der Waals surface area contributed by atoms with Crippen LogP contribution in [0.25, 0.3) is 10.9 Å². The van der Waals surface area contributed by atoms with Gasteiger partial charge in [-0.3, -0.25) is 0 Å². The SMILES string of the molecule is COC(=O)c1cc2ccc(C3CC3)cc2[nH]1. The van der Waals surface area contributed by atoms with Crippen molar-refractivity contribution in [2.45, 2.75) is 18.8 Å². The summed E-state index contributed by atoms with van der Waals surface area (Å²) in [5.41, 5.74) is 2.90. The van der Waals surface area contributed by atoms with Gasteiger partial charge in [0, 0.05) is 10.9 Å². The number of rotatable bonds is 2. The number of aromatic nitrogens is 1. The van der Waals surface area contributed by atoms with Crippen molar-refractivity contribution in [2.24, 2.45) is 0 Å². The van der Waals surface area contributed by atoms with Gasteiger partial charge < -0.3 is 9.72 Å². The van der Waals surface area contributed by atoms with Crippen molar-refractivity contribution in [3.05, 3.63) is 35.5 Å². The number of carbonyl (C=O) groups excluding carboxylic acids is 1. The highest BCUT2D eigenvalue weighted by molar-refractivity contribution is 5.94. The minimum atomic E-state index is -0.316. The van der Waals surface area contributed by atoms with E-state index in [0.717, 1.165) is 16.8 Å². The fourth-order valence-corrected chi connectivity index (χ4v) is 2.04. The van der Waals surface area contributed by atoms with Crippen molar-refractivity contribution in [1.29, 1.82) is 0 Å². The summed E-state index contributed by atoms with van der Waals surface area (Å²) in [5.74, 6) is 0.415. The maximum absolute atomic E-state index is 11.4. The van der Waals surface area contributed by atoms with Crippen LogP contribution in [0.2, 0.25) is 0 Å². The van der Waals surface area contributed by atoms with Gasteiger partial charge in [0.25, 0.3) is 0 Å².